The molecule has 15 nitrogen and oxygen atoms in total. The minimum atomic E-state index is -4.48. The Hall–Kier alpha value is 4.96. The Morgan fingerprint density at radius 2 is 0.929 bits per heavy atom. The van der Waals surface area contributed by atoms with Crippen molar-refractivity contribution >= 4 is 146 Å². The van der Waals surface area contributed by atoms with Crippen molar-refractivity contribution in [3.63, 3.8) is 0 Å². The number of hydrogen-bond acceptors (Lipinski definition) is 21. The second-order valence-corrected chi connectivity index (χ2v) is 22.0. The first kappa shape index (κ1) is 75.3. The molecule has 0 amide bonds. The summed E-state index contributed by atoms with van der Waals surface area (Å²) in [5.74, 6) is 0.993. The third-order valence-corrected chi connectivity index (χ3v) is 15.6. The quantitative estimate of drug-likeness (QED) is 0.0420. The number of unbranched alkanes of at least 4 members (excludes halogenated alkanes) is 3. The zero-order valence-corrected chi connectivity index (χ0v) is 48.6. The average molecular weight is 1060 g/mol. The number of hydrogen-bond donors (Lipinski definition) is 0. The third-order valence-electron chi connectivity index (χ3n) is 5.83. The van der Waals surface area contributed by atoms with Gasteiger partial charge in [-0.05, 0) is 45.2 Å². The van der Waals surface area contributed by atoms with Crippen molar-refractivity contribution in [2.24, 2.45) is 0 Å². The molecule has 312 valence electrons. The topological polar surface area (TPSA) is 203 Å². The molecule has 3 fully saturated rings. The third kappa shape index (κ3) is 51.6. The minimum absolute atomic E-state index is 0. The van der Waals surface area contributed by atoms with E-state index in [0.29, 0.717) is 4.32 Å². The van der Waals surface area contributed by atoms with Crippen LogP contribution >= 0.6 is 90.6 Å². The Balaban J connectivity index is -0.000000109. The molecule has 0 aromatic rings. The van der Waals surface area contributed by atoms with Crippen LogP contribution in [-0.4, -0.2) is 168 Å². The zero-order chi connectivity index (χ0) is 37.8. The van der Waals surface area contributed by atoms with E-state index in [4.69, 9.17) is 76.1 Å². The van der Waals surface area contributed by atoms with Gasteiger partial charge in [0.15, 0.2) is 0 Å². The van der Waals surface area contributed by atoms with Crippen LogP contribution in [0.15, 0.2) is 0 Å². The monoisotopic (exact) mass is 1060 g/mol. The van der Waals surface area contributed by atoms with Crippen molar-refractivity contribution in [2.45, 2.75) is 40.5 Å². The summed E-state index contributed by atoms with van der Waals surface area (Å²) >= 11 is 20.6. The molecule has 0 saturated carbocycles. The van der Waals surface area contributed by atoms with E-state index >= 15 is 0 Å². The maximum atomic E-state index is 9.85. The van der Waals surface area contributed by atoms with Crippen LogP contribution in [0.25, 0.3) is 0 Å². The van der Waals surface area contributed by atoms with Crippen LogP contribution in [0.4, 0.5) is 0 Å². The molecule has 31 heteroatoms. The standard InChI is InChI=1S/C16H28N2O2S6.C5H9NOS2.C2H6O6S3.2CH4.4Na.O3S.H/c21-15(17-5-9-19-10-6-17)25-23-13-3-1-2-4-14-24-26-16(22)18-7-11-20-12-8-18;8-5(9)6-1-3-7-4-2-6;3-10(4,5)2-1-9-11(6,7)8;;;;;;;1-4(2)3;/h1-14H2;1-4H2,(H,8,9);1-2H2,(H,3,4,5)(H,6,7,8);2*1H4;;;;;;/q;;;;;4*+1;;-1/p-3. The largest absolute Gasteiger partial charge is 1.00 e. The van der Waals surface area contributed by atoms with E-state index in [1.807, 2.05) is 26.5 Å². The molecule has 0 spiro atoms. The van der Waals surface area contributed by atoms with Crippen molar-refractivity contribution in [3.05, 3.63) is 0 Å². The summed E-state index contributed by atoms with van der Waals surface area (Å²) in [5, 5.41) is 0. The molecular formula is C25H49N3Na4O12S12. The van der Waals surface area contributed by atoms with Gasteiger partial charge in [0, 0.05) is 62.3 Å². The Morgan fingerprint density at radius 3 is 1.18 bits per heavy atom. The second-order valence-electron chi connectivity index (χ2n) is 9.52. The fraction of sp³-hybridized carbons (Fsp3) is 0.880. The van der Waals surface area contributed by atoms with Crippen molar-refractivity contribution < 1.29 is 172 Å². The molecule has 0 aromatic heterocycles. The molecule has 3 aliphatic rings. The van der Waals surface area contributed by atoms with Crippen molar-refractivity contribution in [1.82, 2.24) is 14.7 Å². The molecule has 0 unspecified atom stereocenters. The second kappa shape index (κ2) is 47.9. The van der Waals surface area contributed by atoms with Gasteiger partial charge in [-0.15, -0.1) is 12.6 Å². The summed E-state index contributed by atoms with van der Waals surface area (Å²) in [6.07, 6.45) is 5.15. The molecule has 3 rings (SSSR count). The molecule has 0 aromatic carbocycles. The summed E-state index contributed by atoms with van der Waals surface area (Å²) in [5.41, 5.74) is 0. The predicted molar refractivity (Wildman–Crippen MR) is 232 cm³/mol. The summed E-state index contributed by atoms with van der Waals surface area (Å²) < 4.78 is 103. The number of thiocarbonyl (C=S) groups is 3. The van der Waals surface area contributed by atoms with Crippen LogP contribution in [-0.2, 0) is 56.7 Å². The first-order valence-corrected chi connectivity index (χ1v) is 26.4. The van der Waals surface area contributed by atoms with Crippen LogP contribution in [0.1, 0.15) is 42.0 Å². The van der Waals surface area contributed by atoms with E-state index < -0.39 is 41.4 Å². The van der Waals surface area contributed by atoms with Crippen molar-refractivity contribution in [1.29, 1.82) is 0 Å². The molecule has 0 radical (unpaired) electrons. The van der Waals surface area contributed by atoms with Crippen LogP contribution in [0, 0.1) is 0 Å². The van der Waals surface area contributed by atoms with Crippen molar-refractivity contribution in [2.75, 3.05) is 102 Å². The van der Waals surface area contributed by atoms with E-state index in [-0.39, 0.29) is 145 Å². The van der Waals surface area contributed by atoms with Gasteiger partial charge in [0.2, 0.25) is 0 Å². The Labute approximate surface area is 468 Å². The molecule has 3 saturated heterocycles. The first-order valence-electron chi connectivity index (χ1n) is 14.7. The van der Waals surface area contributed by atoms with E-state index in [2.05, 4.69) is 9.80 Å². The normalized spacial score (nSPS) is 14.6. The smallest absolute Gasteiger partial charge is 1.00 e. The van der Waals surface area contributed by atoms with Gasteiger partial charge in [-0.2, -0.15) is 0 Å². The van der Waals surface area contributed by atoms with Gasteiger partial charge in [0.05, 0.1) is 49.8 Å². The number of nitrogens with zero attached hydrogens (tertiary/aromatic N) is 3. The van der Waals surface area contributed by atoms with Crippen LogP contribution in [0.2, 0.25) is 0 Å². The average Bonchev–Trinajstić information content (AvgIpc) is 3.05. The van der Waals surface area contributed by atoms with E-state index in [9.17, 15) is 25.9 Å². The molecule has 0 atom stereocenters. The summed E-state index contributed by atoms with van der Waals surface area (Å²) in [4.78, 5) is 6.49. The molecule has 0 bridgehead atoms. The number of ether oxygens (including phenoxy) is 3. The van der Waals surface area contributed by atoms with Gasteiger partial charge < -0.3 is 64.3 Å². The predicted octanol–water partition coefficient (Wildman–Crippen LogP) is -8.18. The number of rotatable bonds is 13. The maximum Gasteiger partial charge on any atom is 1.00 e. The van der Waals surface area contributed by atoms with Gasteiger partial charge >= 0.3 is 129 Å². The molecule has 0 aliphatic carbocycles. The van der Waals surface area contributed by atoms with Gasteiger partial charge in [-0.1, -0.05) is 78.0 Å². The SMILES string of the molecule is C.C.O=S(=O)([O-])CCSS(=O)(=O)[O-].O=S(=O)=O.S=C(SSCCCCCCSSC(=S)N1CCOCC1)N1CCOCC1.S=C([S-])N1CCOCC1.[H-].[Na+].[Na+].[Na+].[Na+]. The van der Waals surface area contributed by atoms with E-state index in [0.717, 1.165) is 87.6 Å². The van der Waals surface area contributed by atoms with Gasteiger partial charge in [0.25, 0.3) is 0 Å². The molecule has 0 N–H and O–H groups in total. The van der Waals surface area contributed by atoms with E-state index in [1.165, 1.54) is 37.2 Å². The Kier molecular flexibility index (Phi) is 64.4. The zero-order valence-electron chi connectivity index (χ0n) is 31.8. The Morgan fingerprint density at radius 1 is 0.625 bits per heavy atom. The maximum absolute atomic E-state index is 9.85. The first-order chi connectivity index (χ1) is 23.5. The van der Waals surface area contributed by atoms with Crippen LogP contribution in [0.5, 0.6) is 0 Å². The number of morpholine rings is 3. The fourth-order valence-corrected chi connectivity index (χ4v) is 11.6. The fourth-order valence-electron chi connectivity index (χ4n) is 3.44. The minimum Gasteiger partial charge on any atom is -1.00 e. The van der Waals surface area contributed by atoms with Crippen LogP contribution in [0.3, 0.4) is 0 Å². The molecular weight excluding hydrogens is 1010 g/mol. The van der Waals surface area contributed by atoms with Gasteiger partial charge in [0.1, 0.15) is 17.8 Å². The molecule has 3 heterocycles. The van der Waals surface area contributed by atoms with E-state index in [1.54, 1.807) is 21.6 Å². The van der Waals surface area contributed by atoms with Crippen molar-refractivity contribution in [3.8, 4) is 0 Å². The molecule has 3 aliphatic heterocycles. The summed E-state index contributed by atoms with van der Waals surface area (Å²) in [7, 11) is -4.82. The summed E-state index contributed by atoms with van der Waals surface area (Å²) in [6, 6.07) is 0. The molecule has 56 heavy (non-hydrogen) atoms. The van der Waals surface area contributed by atoms with Crippen LogP contribution < -0.4 is 118 Å². The van der Waals surface area contributed by atoms with Gasteiger partial charge in [-0.25, -0.2) is 16.8 Å². The van der Waals surface area contributed by atoms with Gasteiger partial charge in [-0.3, -0.25) is 0 Å². The summed E-state index contributed by atoms with van der Waals surface area (Å²) in [6.45, 7) is 10.2. The Bertz CT molecular complexity index is 1250.